The Hall–Kier alpha value is -0.520. The quantitative estimate of drug-likeness (QED) is 0.461. The summed E-state index contributed by atoms with van der Waals surface area (Å²) in [6, 6.07) is 0. The predicted molar refractivity (Wildman–Crippen MR) is 46.2 cm³/mol. The van der Waals surface area contributed by atoms with Gasteiger partial charge in [0.2, 0.25) is 0 Å². The summed E-state index contributed by atoms with van der Waals surface area (Å²) in [4.78, 5) is 0. The third kappa shape index (κ3) is 0.702. The maximum absolute atomic E-state index is 2.50. The van der Waals surface area contributed by atoms with Gasteiger partial charge in [0.15, 0.2) is 0 Å². The van der Waals surface area contributed by atoms with Crippen molar-refractivity contribution in [3.8, 4) is 0 Å². The second kappa shape index (κ2) is 2.00. The lowest BCUT2D eigenvalue weighted by molar-refractivity contribution is 0.306. The fourth-order valence-electron chi connectivity index (χ4n) is 3.18. The van der Waals surface area contributed by atoms with Crippen LogP contribution in [0.15, 0.2) is 23.8 Å². The Bertz CT molecular complexity index is 234. The van der Waals surface area contributed by atoms with E-state index < -0.39 is 0 Å². The highest BCUT2D eigenvalue weighted by Gasteiger charge is 2.41. The second-order valence-corrected chi connectivity index (χ2v) is 4.19. The molecule has 0 aromatic carbocycles. The van der Waals surface area contributed by atoms with Crippen molar-refractivity contribution in [3.05, 3.63) is 23.8 Å². The molecule has 3 atom stereocenters. The SMILES string of the molecule is C1=CCC2C3CC=C(C3)C2C1. The van der Waals surface area contributed by atoms with E-state index in [1.54, 1.807) is 5.57 Å². The first-order chi connectivity index (χ1) is 5.45. The maximum atomic E-state index is 2.50. The van der Waals surface area contributed by atoms with Gasteiger partial charge in [-0.05, 0) is 43.4 Å². The first kappa shape index (κ1) is 6.05. The number of rotatable bonds is 0. The molecule has 0 heteroatoms. The summed E-state index contributed by atoms with van der Waals surface area (Å²) in [6.45, 7) is 0. The van der Waals surface area contributed by atoms with Crippen molar-refractivity contribution in [1.82, 2.24) is 0 Å². The van der Waals surface area contributed by atoms with Crippen molar-refractivity contribution in [2.75, 3.05) is 0 Å². The Kier molecular flexibility index (Phi) is 1.10. The van der Waals surface area contributed by atoms with Gasteiger partial charge in [-0.2, -0.15) is 0 Å². The van der Waals surface area contributed by atoms with Crippen LogP contribution in [-0.2, 0) is 0 Å². The van der Waals surface area contributed by atoms with Gasteiger partial charge in [0.25, 0.3) is 0 Å². The molecule has 1 saturated carbocycles. The van der Waals surface area contributed by atoms with Crippen molar-refractivity contribution in [2.24, 2.45) is 17.8 Å². The van der Waals surface area contributed by atoms with Gasteiger partial charge in [-0.1, -0.05) is 23.8 Å². The highest BCUT2D eigenvalue weighted by Crippen LogP contribution is 2.52. The normalized spacial score (nSPS) is 45.8. The van der Waals surface area contributed by atoms with Crippen LogP contribution in [0.2, 0.25) is 0 Å². The van der Waals surface area contributed by atoms with E-state index in [0.717, 1.165) is 17.8 Å². The third-order valence-electron chi connectivity index (χ3n) is 3.74. The molecule has 0 nitrogen and oxygen atoms in total. The van der Waals surface area contributed by atoms with Gasteiger partial charge < -0.3 is 0 Å². The van der Waals surface area contributed by atoms with Crippen LogP contribution < -0.4 is 0 Å². The van der Waals surface area contributed by atoms with E-state index in [4.69, 9.17) is 0 Å². The molecule has 3 unspecified atom stereocenters. The Morgan fingerprint density at radius 1 is 1.09 bits per heavy atom. The molecule has 0 N–H and O–H groups in total. The summed E-state index contributed by atoms with van der Waals surface area (Å²) in [5, 5.41) is 0. The van der Waals surface area contributed by atoms with Crippen LogP contribution in [-0.4, -0.2) is 0 Å². The molecule has 0 radical (unpaired) electrons. The molecule has 3 aliphatic carbocycles. The van der Waals surface area contributed by atoms with Crippen LogP contribution in [0.25, 0.3) is 0 Å². The summed E-state index contributed by atoms with van der Waals surface area (Å²) in [5.41, 5.74) is 1.80. The molecule has 11 heavy (non-hydrogen) atoms. The van der Waals surface area contributed by atoms with Gasteiger partial charge in [-0.15, -0.1) is 0 Å². The minimum atomic E-state index is 0.971. The zero-order valence-electron chi connectivity index (χ0n) is 6.79. The average Bonchev–Trinajstić information content (AvgIpc) is 2.64. The summed E-state index contributed by atoms with van der Waals surface area (Å²) < 4.78 is 0. The molecular formula is C11H14. The Morgan fingerprint density at radius 2 is 2.00 bits per heavy atom. The lowest BCUT2D eigenvalue weighted by Crippen LogP contribution is -2.18. The largest absolute Gasteiger partial charge is 0.0882 e. The topological polar surface area (TPSA) is 0 Å². The number of allylic oxidation sites excluding steroid dienone is 4. The molecular weight excluding hydrogens is 132 g/mol. The molecule has 0 heterocycles. The van der Waals surface area contributed by atoms with Crippen molar-refractivity contribution in [2.45, 2.75) is 25.7 Å². The molecule has 0 spiro atoms. The van der Waals surface area contributed by atoms with Crippen molar-refractivity contribution >= 4 is 0 Å². The van der Waals surface area contributed by atoms with E-state index >= 15 is 0 Å². The Labute approximate surface area is 68.0 Å². The highest BCUT2D eigenvalue weighted by molar-refractivity contribution is 5.25. The van der Waals surface area contributed by atoms with Gasteiger partial charge in [0.05, 0.1) is 0 Å². The minimum Gasteiger partial charge on any atom is -0.0882 e. The summed E-state index contributed by atoms with van der Waals surface area (Å²) in [5.74, 6) is 3.05. The summed E-state index contributed by atoms with van der Waals surface area (Å²) in [7, 11) is 0. The van der Waals surface area contributed by atoms with E-state index in [9.17, 15) is 0 Å². The average molecular weight is 146 g/mol. The number of fused-ring (bicyclic) bond motifs is 5. The lowest BCUT2D eigenvalue weighted by atomic mass is 9.77. The smallest absolute Gasteiger partial charge is 0.0134 e. The molecule has 0 saturated heterocycles. The van der Waals surface area contributed by atoms with Gasteiger partial charge in [0.1, 0.15) is 0 Å². The molecule has 3 aliphatic rings. The van der Waals surface area contributed by atoms with E-state index in [1.807, 2.05) is 0 Å². The fraction of sp³-hybridized carbons (Fsp3) is 0.636. The van der Waals surface area contributed by atoms with E-state index in [0.29, 0.717) is 0 Å². The fourth-order valence-corrected chi connectivity index (χ4v) is 3.18. The van der Waals surface area contributed by atoms with E-state index in [2.05, 4.69) is 18.2 Å². The highest BCUT2D eigenvalue weighted by atomic mass is 14.5. The summed E-state index contributed by atoms with van der Waals surface area (Å²) in [6.07, 6.45) is 12.8. The zero-order valence-corrected chi connectivity index (χ0v) is 6.79. The monoisotopic (exact) mass is 146 g/mol. The Morgan fingerprint density at radius 3 is 2.91 bits per heavy atom. The first-order valence-electron chi connectivity index (χ1n) is 4.79. The van der Waals surface area contributed by atoms with E-state index in [-0.39, 0.29) is 0 Å². The lowest BCUT2D eigenvalue weighted by Gasteiger charge is -2.28. The molecule has 0 aliphatic heterocycles. The minimum absolute atomic E-state index is 0.971. The zero-order chi connectivity index (χ0) is 7.26. The van der Waals surface area contributed by atoms with Gasteiger partial charge in [-0.25, -0.2) is 0 Å². The van der Waals surface area contributed by atoms with Crippen molar-refractivity contribution < 1.29 is 0 Å². The van der Waals surface area contributed by atoms with Gasteiger partial charge in [-0.3, -0.25) is 0 Å². The molecule has 2 bridgehead atoms. The molecule has 3 rings (SSSR count). The predicted octanol–water partition coefficient (Wildman–Crippen LogP) is 2.92. The van der Waals surface area contributed by atoms with Crippen molar-refractivity contribution in [1.29, 1.82) is 0 Å². The molecule has 0 aromatic heterocycles. The van der Waals surface area contributed by atoms with Gasteiger partial charge >= 0.3 is 0 Å². The number of hydrogen-bond acceptors (Lipinski definition) is 0. The summed E-state index contributed by atoms with van der Waals surface area (Å²) >= 11 is 0. The Balaban J connectivity index is 1.99. The van der Waals surface area contributed by atoms with Crippen LogP contribution in [0, 0.1) is 17.8 Å². The maximum Gasteiger partial charge on any atom is -0.0134 e. The molecule has 0 aromatic rings. The third-order valence-corrected chi connectivity index (χ3v) is 3.74. The van der Waals surface area contributed by atoms with Crippen molar-refractivity contribution in [3.63, 3.8) is 0 Å². The van der Waals surface area contributed by atoms with Crippen LogP contribution in [0.5, 0.6) is 0 Å². The number of hydrogen-bond donors (Lipinski definition) is 0. The van der Waals surface area contributed by atoms with Gasteiger partial charge in [0, 0.05) is 0 Å². The molecule has 0 amide bonds. The molecule has 1 fully saturated rings. The van der Waals surface area contributed by atoms with Crippen LogP contribution in [0.1, 0.15) is 25.7 Å². The molecule has 58 valence electrons. The van der Waals surface area contributed by atoms with Crippen LogP contribution >= 0.6 is 0 Å². The standard InChI is InChI=1S/C11H14/c1-2-4-11-9-6-5-8(7-9)10(11)3-1/h1-2,5,9-11H,3-4,6-7H2. The van der Waals surface area contributed by atoms with Crippen LogP contribution in [0.3, 0.4) is 0 Å². The first-order valence-corrected chi connectivity index (χ1v) is 4.79. The van der Waals surface area contributed by atoms with E-state index in [1.165, 1.54) is 25.7 Å². The second-order valence-electron chi connectivity index (χ2n) is 4.19. The van der Waals surface area contributed by atoms with Crippen LogP contribution in [0.4, 0.5) is 0 Å².